The van der Waals surface area contributed by atoms with Crippen LogP contribution in [0.5, 0.6) is 5.75 Å². The molecule has 0 N–H and O–H groups in total. The lowest BCUT2D eigenvalue weighted by Crippen LogP contribution is -2.32. The molecule has 6 nitrogen and oxygen atoms in total. The number of carbonyl (C=O) groups excluding carboxylic acids is 1. The number of para-hydroxylation sites is 1. The van der Waals surface area contributed by atoms with Gasteiger partial charge in [0.05, 0.1) is 12.2 Å². The van der Waals surface area contributed by atoms with Gasteiger partial charge in [0.2, 0.25) is 5.13 Å². The number of amides is 1. The summed E-state index contributed by atoms with van der Waals surface area (Å²) >= 11 is 1.38. The van der Waals surface area contributed by atoms with Crippen LogP contribution in [-0.4, -0.2) is 34.2 Å². The predicted molar refractivity (Wildman–Crippen MR) is 103 cm³/mol. The zero-order valence-corrected chi connectivity index (χ0v) is 15.6. The topological polar surface area (TPSA) is 68.2 Å². The molecule has 1 aromatic carbocycles. The Labute approximate surface area is 156 Å². The highest BCUT2D eigenvalue weighted by Gasteiger charge is 2.23. The van der Waals surface area contributed by atoms with Crippen molar-refractivity contribution in [2.75, 3.05) is 18.1 Å². The highest BCUT2D eigenvalue weighted by atomic mass is 32.1. The van der Waals surface area contributed by atoms with E-state index in [0.29, 0.717) is 29.6 Å². The smallest absolute Gasteiger partial charge is 0.263 e. The van der Waals surface area contributed by atoms with Crippen molar-refractivity contribution >= 4 is 22.4 Å². The van der Waals surface area contributed by atoms with Gasteiger partial charge in [-0.2, -0.15) is 0 Å². The van der Waals surface area contributed by atoms with Gasteiger partial charge >= 0.3 is 0 Å². The highest BCUT2D eigenvalue weighted by molar-refractivity contribution is 7.18. The molecule has 0 aliphatic heterocycles. The summed E-state index contributed by atoms with van der Waals surface area (Å²) in [5.74, 6) is 0.447. The molecule has 0 saturated heterocycles. The van der Waals surface area contributed by atoms with E-state index >= 15 is 0 Å². The van der Waals surface area contributed by atoms with E-state index in [1.54, 1.807) is 23.4 Å². The lowest BCUT2D eigenvalue weighted by molar-refractivity contribution is 0.0983. The van der Waals surface area contributed by atoms with Gasteiger partial charge in [-0.25, -0.2) is 0 Å². The number of anilines is 1. The molecule has 3 rings (SSSR count). The molecular formula is C19H20N4O2S. The predicted octanol–water partition coefficient (Wildman–Crippen LogP) is 4.06. The summed E-state index contributed by atoms with van der Waals surface area (Å²) < 4.78 is 5.61. The van der Waals surface area contributed by atoms with Gasteiger partial charge in [0.25, 0.3) is 5.91 Å². The van der Waals surface area contributed by atoms with E-state index < -0.39 is 0 Å². The molecule has 0 atom stereocenters. The highest BCUT2D eigenvalue weighted by Crippen LogP contribution is 2.30. The monoisotopic (exact) mass is 368 g/mol. The van der Waals surface area contributed by atoms with Crippen LogP contribution in [-0.2, 0) is 0 Å². The Morgan fingerprint density at radius 3 is 2.73 bits per heavy atom. The van der Waals surface area contributed by atoms with Gasteiger partial charge in [0.1, 0.15) is 5.75 Å². The van der Waals surface area contributed by atoms with Gasteiger partial charge in [0, 0.05) is 24.5 Å². The lowest BCUT2D eigenvalue weighted by Gasteiger charge is -2.20. The largest absolute Gasteiger partial charge is 0.493 e. The molecule has 0 bridgehead atoms. The molecule has 7 heteroatoms. The van der Waals surface area contributed by atoms with Crippen molar-refractivity contribution in [1.82, 2.24) is 15.2 Å². The van der Waals surface area contributed by atoms with E-state index in [1.807, 2.05) is 44.2 Å². The van der Waals surface area contributed by atoms with Crippen LogP contribution in [0.25, 0.3) is 10.6 Å². The van der Waals surface area contributed by atoms with E-state index in [0.717, 1.165) is 17.0 Å². The van der Waals surface area contributed by atoms with Gasteiger partial charge in [-0.15, -0.1) is 10.2 Å². The maximum atomic E-state index is 13.1. The van der Waals surface area contributed by atoms with Crippen LogP contribution in [0.3, 0.4) is 0 Å². The summed E-state index contributed by atoms with van der Waals surface area (Å²) in [6.07, 6.45) is 4.26. The Hall–Kier alpha value is -2.80. The Morgan fingerprint density at radius 2 is 2.00 bits per heavy atom. The van der Waals surface area contributed by atoms with Crippen LogP contribution in [0, 0.1) is 0 Å². The van der Waals surface area contributed by atoms with Crippen molar-refractivity contribution in [2.24, 2.45) is 0 Å². The normalized spacial score (nSPS) is 10.5. The summed E-state index contributed by atoms with van der Waals surface area (Å²) in [5, 5.41) is 9.77. The molecule has 0 saturated carbocycles. The third-order valence-corrected chi connectivity index (χ3v) is 4.66. The van der Waals surface area contributed by atoms with Crippen molar-refractivity contribution in [3.63, 3.8) is 0 Å². The van der Waals surface area contributed by atoms with Crippen molar-refractivity contribution in [3.8, 4) is 16.3 Å². The first-order valence-electron chi connectivity index (χ1n) is 8.52. The average Bonchev–Trinajstić information content (AvgIpc) is 3.17. The van der Waals surface area contributed by atoms with Gasteiger partial charge < -0.3 is 4.74 Å². The molecule has 0 aliphatic carbocycles. The Morgan fingerprint density at radius 1 is 1.15 bits per heavy atom. The first-order chi connectivity index (χ1) is 12.7. The maximum Gasteiger partial charge on any atom is 0.263 e. The number of pyridine rings is 1. The molecule has 1 amide bonds. The average molecular weight is 368 g/mol. The van der Waals surface area contributed by atoms with E-state index in [4.69, 9.17) is 4.74 Å². The molecule has 0 radical (unpaired) electrons. The van der Waals surface area contributed by atoms with Crippen LogP contribution in [0.15, 0.2) is 48.8 Å². The standard InChI is InChI=1S/C19H20N4O2S/c1-3-12-23(18(24)15-9-5-6-10-16(15)25-4-2)19-22-21-17(26-19)14-8-7-11-20-13-14/h5-11,13H,3-4,12H2,1-2H3. The fourth-order valence-electron chi connectivity index (χ4n) is 2.51. The van der Waals surface area contributed by atoms with Crippen molar-refractivity contribution in [2.45, 2.75) is 20.3 Å². The minimum absolute atomic E-state index is 0.134. The first kappa shape index (κ1) is 18.0. The van der Waals surface area contributed by atoms with Gasteiger partial charge in [-0.1, -0.05) is 30.4 Å². The van der Waals surface area contributed by atoms with Gasteiger partial charge in [-0.05, 0) is 37.6 Å². The van der Waals surface area contributed by atoms with Crippen LogP contribution < -0.4 is 9.64 Å². The maximum absolute atomic E-state index is 13.1. The van der Waals surface area contributed by atoms with Crippen LogP contribution >= 0.6 is 11.3 Å². The minimum Gasteiger partial charge on any atom is -0.493 e. The van der Waals surface area contributed by atoms with Crippen LogP contribution in [0.4, 0.5) is 5.13 Å². The number of hydrogen-bond acceptors (Lipinski definition) is 6. The number of rotatable bonds is 7. The Bertz CT molecular complexity index is 867. The number of benzene rings is 1. The van der Waals surface area contributed by atoms with Crippen molar-refractivity contribution < 1.29 is 9.53 Å². The quantitative estimate of drug-likeness (QED) is 0.629. The molecule has 3 aromatic rings. The number of nitrogens with zero attached hydrogens (tertiary/aromatic N) is 4. The van der Waals surface area contributed by atoms with E-state index in [1.165, 1.54) is 11.3 Å². The summed E-state index contributed by atoms with van der Waals surface area (Å²) in [7, 11) is 0. The Balaban J connectivity index is 1.93. The zero-order valence-electron chi connectivity index (χ0n) is 14.8. The zero-order chi connectivity index (χ0) is 18.4. The second kappa shape index (κ2) is 8.53. The SMILES string of the molecule is CCCN(C(=O)c1ccccc1OCC)c1nnc(-c2cccnc2)s1. The number of hydrogen-bond donors (Lipinski definition) is 0. The summed E-state index contributed by atoms with van der Waals surface area (Å²) in [5.41, 5.74) is 1.41. The molecule has 0 fully saturated rings. The Kier molecular flexibility index (Phi) is 5.91. The number of aromatic nitrogens is 3. The molecule has 134 valence electrons. The third kappa shape index (κ3) is 3.88. The second-order valence-electron chi connectivity index (χ2n) is 5.52. The summed E-state index contributed by atoms with van der Waals surface area (Å²) in [6, 6.07) is 11.1. The minimum atomic E-state index is -0.134. The fourth-order valence-corrected chi connectivity index (χ4v) is 3.37. The molecule has 0 spiro atoms. The molecular weight excluding hydrogens is 348 g/mol. The van der Waals surface area contributed by atoms with Crippen LogP contribution in [0.1, 0.15) is 30.6 Å². The second-order valence-corrected chi connectivity index (χ2v) is 6.47. The molecule has 2 aromatic heterocycles. The van der Waals surface area contributed by atoms with E-state index in [2.05, 4.69) is 15.2 Å². The lowest BCUT2D eigenvalue weighted by atomic mass is 10.1. The van der Waals surface area contributed by atoms with E-state index in [9.17, 15) is 4.79 Å². The fraction of sp³-hybridized carbons (Fsp3) is 0.263. The molecule has 0 aliphatic rings. The van der Waals surface area contributed by atoms with Gasteiger partial charge in [0.15, 0.2) is 5.01 Å². The summed E-state index contributed by atoms with van der Waals surface area (Å²) in [4.78, 5) is 18.9. The number of carbonyl (C=O) groups is 1. The molecule has 0 unspecified atom stereocenters. The van der Waals surface area contributed by atoms with Crippen molar-refractivity contribution in [3.05, 3.63) is 54.4 Å². The van der Waals surface area contributed by atoms with Gasteiger partial charge in [-0.3, -0.25) is 14.7 Å². The third-order valence-electron chi connectivity index (χ3n) is 3.66. The van der Waals surface area contributed by atoms with Crippen LogP contribution in [0.2, 0.25) is 0 Å². The molecule has 26 heavy (non-hydrogen) atoms. The van der Waals surface area contributed by atoms with E-state index in [-0.39, 0.29) is 5.91 Å². The van der Waals surface area contributed by atoms with Crippen molar-refractivity contribution in [1.29, 1.82) is 0 Å². The summed E-state index contributed by atoms with van der Waals surface area (Å²) in [6.45, 7) is 4.98. The first-order valence-corrected chi connectivity index (χ1v) is 9.33. The molecule has 2 heterocycles. The number of ether oxygens (including phenoxy) is 1.